The second-order valence-corrected chi connectivity index (χ2v) is 12.9. The van der Waals surface area contributed by atoms with Crippen LogP contribution < -0.4 is 20.9 Å². The molecule has 0 saturated carbocycles. The first-order chi connectivity index (χ1) is 21.4. The number of aliphatic hydroxyl groups is 1. The average molecular weight is 665 g/mol. The fourth-order valence-corrected chi connectivity index (χ4v) is 6.62. The number of halogens is 3. The van der Waals surface area contributed by atoms with Gasteiger partial charge in [0.25, 0.3) is 5.91 Å². The molecule has 2 aliphatic rings. The number of piperazine rings is 1. The molecule has 1 aromatic carbocycles. The highest BCUT2D eigenvalue weighted by Crippen LogP contribution is 2.37. The van der Waals surface area contributed by atoms with E-state index in [1.165, 1.54) is 16.4 Å². The van der Waals surface area contributed by atoms with Crippen LogP contribution in [0.1, 0.15) is 34.6 Å². The number of hydrogen-bond acceptors (Lipinski definition) is 10. The van der Waals surface area contributed by atoms with Gasteiger partial charge in [-0.3, -0.25) is 14.6 Å². The second kappa shape index (κ2) is 13.3. The van der Waals surface area contributed by atoms with Crippen LogP contribution in [-0.4, -0.2) is 96.5 Å². The molecule has 0 aliphatic carbocycles. The van der Waals surface area contributed by atoms with Gasteiger partial charge in [-0.25, -0.2) is 18.4 Å². The minimum atomic E-state index is -3.84. The van der Waals surface area contributed by atoms with Gasteiger partial charge < -0.3 is 26.0 Å². The lowest BCUT2D eigenvalue weighted by molar-refractivity contribution is -0.117. The van der Waals surface area contributed by atoms with Crippen molar-refractivity contribution in [3.8, 4) is 0 Å². The van der Waals surface area contributed by atoms with Crippen LogP contribution in [0.5, 0.6) is 0 Å². The molecule has 4 N–H and O–H groups in total. The molecule has 0 bridgehead atoms. The highest BCUT2D eigenvalue weighted by molar-refractivity contribution is 7.89. The third kappa shape index (κ3) is 7.04. The molecule has 0 radical (unpaired) electrons. The van der Waals surface area contributed by atoms with Gasteiger partial charge in [0.05, 0.1) is 23.4 Å². The minimum Gasteiger partial charge on any atom is -0.390 e. The minimum absolute atomic E-state index is 0.00377. The molecule has 13 nitrogen and oxygen atoms in total. The highest BCUT2D eigenvalue weighted by atomic mass is 35.5. The molecule has 1 atom stereocenters. The van der Waals surface area contributed by atoms with Crippen molar-refractivity contribution < 1.29 is 31.9 Å². The molecule has 0 spiro atoms. The fraction of sp³-hybridized carbons (Fsp3) is 0.393. The number of benzene rings is 1. The van der Waals surface area contributed by atoms with Gasteiger partial charge in [0.15, 0.2) is 0 Å². The molecule has 2 amide bonds. The fourth-order valence-electron chi connectivity index (χ4n) is 4.99. The molecule has 45 heavy (non-hydrogen) atoms. The van der Waals surface area contributed by atoms with Gasteiger partial charge in [0.2, 0.25) is 15.9 Å². The average Bonchev–Trinajstić information content (AvgIpc) is 3.48. The zero-order chi connectivity index (χ0) is 32.4. The van der Waals surface area contributed by atoms with Crippen LogP contribution in [0, 0.1) is 0 Å². The van der Waals surface area contributed by atoms with E-state index in [9.17, 15) is 23.1 Å². The third-order valence-electron chi connectivity index (χ3n) is 7.54. The number of nitrogens with zero attached hydrogens (tertiary/aromatic N) is 6. The van der Waals surface area contributed by atoms with E-state index >= 15 is 8.78 Å². The summed E-state index contributed by atoms with van der Waals surface area (Å²) in [6, 6.07) is 8.34. The van der Waals surface area contributed by atoms with E-state index in [1.807, 2.05) is 0 Å². The number of aromatic nitrogens is 3. The van der Waals surface area contributed by atoms with Gasteiger partial charge in [-0.15, -0.1) is 0 Å². The van der Waals surface area contributed by atoms with Gasteiger partial charge in [0, 0.05) is 63.5 Å². The van der Waals surface area contributed by atoms with Gasteiger partial charge in [0.1, 0.15) is 22.4 Å². The number of pyridine rings is 1. The Morgan fingerprint density at radius 3 is 2.40 bits per heavy atom. The van der Waals surface area contributed by atoms with Crippen molar-refractivity contribution in [2.45, 2.75) is 29.8 Å². The first kappa shape index (κ1) is 32.6. The number of sulfonamides is 1. The molecule has 240 valence electrons. The molecule has 3 aromatic rings. The Balaban J connectivity index is 1.25. The van der Waals surface area contributed by atoms with Crippen LogP contribution in [0.3, 0.4) is 0 Å². The van der Waals surface area contributed by atoms with Crippen LogP contribution in [0.15, 0.2) is 53.7 Å². The number of nitrogens with two attached hydrogens (primary N) is 1. The molecule has 5 rings (SSSR count). The van der Waals surface area contributed by atoms with E-state index in [1.54, 1.807) is 21.9 Å². The Morgan fingerprint density at radius 1 is 1.09 bits per heavy atom. The number of nitrogens with one attached hydrogen (secondary N) is 1. The highest BCUT2D eigenvalue weighted by Gasteiger charge is 2.38. The number of amides is 2. The normalized spacial score (nSPS) is 17.0. The summed E-state index contributed by atoms with van der Waals surface area (Å²) in [7, 11) is -3.84. The quantitative estimate of drug-likeness (QED) is 0.268. The molecule has 2 aromatic heterocycles. The first-order valence-electron chi connectivity index (χ1n) is 14.1. The largest absolute Gasteiger partial charge is 0.390 e. The number of rotatable bonds is 10. The van der Waals surface area contributed by atoms with Crippen LogP contribution in [-0.2, 0) is 20.7 Å². The molecule has 4 heterocycles. The van der Waals surface area contributed by atoms with Crippen molar-refractivity contribution in [2.75, 3.05) is 55.6 Å². The standard InChI is InChI=1S/C28H31ClF2N8O5S/c29-24-12-18(28(30,31)23-17-33-22(16-34-23)27(42)35-15-20(40)14-32)13-25(36-24)37-8-10-38(11-9-37)45(43,44)21-5-3-19(4-6-21)39-7-1-2-26(39)41/h3-6,12-13,16-17,20,40H,1-2,7-11,14-15,32H2,(H,35,42). The van der Waals surface area contributed by atoms with Crippen molar-refractivity contribution in [1.29, 1.82) is 0 Å². The number of hydrogen-bond donors (Lipinski definition) is 3. The number of aliphatic hydroxyl groups excluding tert-OH is 1. The smallest absolute Gasteiger partial charge is 0.316 e. The summed E-state index contributed by atoms with van der Waals surface area (Å²) < 4.78 is 59.0. The van der Waals surface area contributed by atoms with Crippen molar-refractivity contribution >= 4 is 44.9 Å². The molecule has 2 saturated heterocycles. The zero-order valence-electron chi connectivity index (χ0n) is 23.9. The predicted octanol–water partition coefficient (Wildman–Crippen LogP) is 1.35. The molecule has 2 fully saturated rings. The van der Waals surface area contributed by atoms with Crippen LogP contribution in [0.2, 0.25) is 5.15 Å². The number of carbonyl (C=O) groups is 2. The predicted molar refractivity (Wildman–Crippen MR) is 161 cm³/mol. The SMILES string of the molecule is NCC(O)CNC(=O)c1cnc(C(F)(F)c2cc(Cl)nc(N3CCN(S(=O)(=O)c4ccc(N5CCCC5=O)cc4)CC3)c2)cn1. The van der Waals surface area contributed by atoms with E-state index in [2.05, 4.69) is 20.3 Å². The zero-order valence-corrected chi connectivity index (χ0v) is 25.5. The molecule has 2 aliphatic heterocycles. The van der Waals surface area contributed by atoms with Crippen molar-refractivity contribution in [2.24, 2.45) is 5.73 Å². The van der Waals surface area contributed by atoms with E-state index in [0.717, 1.165) is 30.9 Å². The molecular weight excluding hydrogens is 634 g/mol. The van der Waals surface area contributed by atoms with Gasteiger partial charge in [-0.1, -0.05) is 11.6 Å². The Bertz CT molecular complexity index is 1660. The summed E-state index contributed by atoms with van der Waals surface area (Å²) in [4.78, 5) is 39.3. The van der Waals surface area contributed by atoms with Crippen molar-refractivity contribution in [3.05, 3.63) is 70.9 Å². The molecular formula is C28H31ClF2N8O5S. The van der Waals surface area contributed by atoms with Crippen LogP contribution >= 0.6 is 11.6 Å². The van der Waals surface area contributed by atoms with Crippen molar-refractivity contribution in [1.82, 2.24) is 24.6 Å². The summed E-state index contributed by atoms with van der Waals surface area (Å²) in [5.41, 5.74) is 4.47. The van der Waals surface area contributed by atoms with E-state index in [-0.39, 0.29) is 66.7 Å². The third-order valence-corrected chi connectivity index (χ3v) is 9.65. The lowest BCUT2D eigenvalue weighted by atomic mass is 10.1. The van der Waals surface area contributed by atoms with Crippen LogP contribution in [0.25, 0.3) is 0 Å². The number of alkyl halides is 2. The lowest BCUT2D eigenvalue weighted by Crippen LogP contribution is -2.49. The topological polar surface area (TPSA) is 175 Å². The lowest BCUT2D eigenvalue weighted by Gasteiger charge is -2.35. The monoisotopic (exact) mass is 664 g/mol. The van der Waals surface area contributed by atoms with Gasteiger partial charge in [-0.05, 0) is 42.8 Å². The summed E-state index contributed by atoms with van der Waals surface area (Å²) in [6.45, 7) is 0.876. The number of carbonyl (C=O) groups excluding carboxylic acids is 2. The van der Waals surface area contributed by atoms with Gasteiger partial charge >= 0.3 is 5.92 Å². The van der Waals surface area contributed by atoms with Gasteiger partial charge in [-0.2, -0.15) is 13.1 Å². The molecule has 17 heteroatoms. The Labute approximate surface area is 263 Å². The summed E-state index contributed by atoms with van der Waals surface area (Å²) in [5, 5.41) is 11.7. The van der Waals surface area contributed by atoms with Crippen molar-refractivity contribution in [3.63, 3.8) is 0 Å². The van der Waals surface area contributed by atoms with E-state index in [4.69, 9.17) is 17.3 Å². The maximum atomic E-state index is 15.5. The summed E-state index contributed by atoms with van der Waals surface area (Å²) in [5.74, 6) is -4.23. The van der Waals surface area contributed by atoms with E-state index < -0.39 is 39.2 Å². The maximum Gasteiger partial charge on any atom is 0.316 e. The van der Waals surface area contributed by atoms with Crippen LogP contribution in [0.4, 0.5) is 20.3 Å². The molecule has 1 unspecified atom stereocenters. The summed E-state index contributed by atoms with van der Waals surface area (Å²) >= 11 is 6.13. The number of anilines is 2. The maximum absolute atomic E-state index is 15.5. The Morgan fingerprint density at radius 2 is 1.80 bits per heavy atom. The first-order valence-corrected chi connectivity index (χ1v) is 15.9. The second-order valence-electron chi connectivity index (χ2n) is 10.5. The Hall–Kier alpha value is -3.83. The van der Waals surface area contributed by atoms with E-state index in [0.29, 0.717) is 18.7 Å². The summed E-state index contributed by atoms with van der Waals surface area (Å²) in [6.07, 6.45) is 1.94. The Kier molecular flexibility index (Phi) is 9.60.